The number of nitrogens with one attached hydrogen (secondary N) is 1. The van der Waals surface area contributed by atoms with E-state index in [0.29, 0.717) is 11.4 Å². The van der Waals surface area contributed by atoms with E-state index in [-0.39, 0.29) is 5.78 Å². The first-order valence-electron chi connectivity index (χ1n) is 4.91. The molecule has 0 atom stereocenters. The highest BCUT2D eigenvalue weighted by molar-refractivity contribution is 7.17. The highest BCUT2D eigenvalue weighted by atomic mass is 32.1. The van der Waals surface area contributed by atoms with Gasteiger partial charge in [-0.3, -0.25) is 4.79 Å². The second-order valence-electron chi connectivity index (χ2n) is 3.42. The molecule has 5 heteroatoms. The third kappa shape index (κ3) is 2.30. The largest absolute Gasteiger partial charge is 0.467 e. The van der Waals surface area contributed by atoms with E-state index < -0.39 is 0 Å². The molecule has 4 nitrogen and oxygen atoms in total. The van der Waals surface area contributed by atoms with E-state index in [1.807, 2.05) is 19.1 Å². The first-order valence-corrected chi connectivity index (χ1v) is 5.73. The van der Waals surface area contributed by atoms with Crippen molar-refractivity contribution >= 4 is 22.3 Å². The molecule has 2 rings (SSSR count). The molecule has 0 saturated heterocycles. The molecule has 0 aliphatic rings. The van der Waals surface area contributed by atoms with Gasteiger partial charge in [-0.25, -0.2) is 4.98 Å². The van der Waals surface area contributed by atoms with Crippen molar-refractivity contribution in [2.24, 2.45) is 0 Å². The molecular weight excluding hydrogens is 224 g/mol. The Morgan fingerprint density at radius 3 is 3.00 bits per heavy atom. The first-order chi connectivity index (χ1) is 7.66. The van der Waals surface area contributed by atoms with E-state index in [4.69, 9.17) is 4.42 Å². The number of Topliss-reactive ketones (excluding diaryl/α,β-unsaturated/α-hetero) is 1. The molecule has 0 fully saturated rings. The lowest BCUT2D eigenvalue weighted by atomic mass is 10.3. The highest BCUT2D eigenvalue weighted by Gasteiger charge is 2.11. The summed E-state index contributed by atoms with van der Waals surface area (Å²) >= 11 is 1.38. The Kier molecular flexibility index (Phi) is 3.05. The van der Waals surface area contributed by atoms with E-state index in [0.717, 1.165) is 16.6 Å². The van der Waals surface area contributed by atoms with Gasteiger partial charge < -0.3 is 9.73 Å². The molecule has 0 aliphatic heterocycles. The molecule has 0 bridgehead atoms. The second-order valence-corrected chi connectivity index (χ2v) is 4.42. The number of furan rings is 1. The van der Waals surface area contributed by atoms with Crippen LogP contribution in [-0.2, 0) is 6.54 Å². The monoisotopic (exact) mass is 236 g/mol. The molecule has 0 unspecified atom stereocenters. The number of aromatic nitrogens is 1. The van der Waals surface area contributed by atoms with Crippen LogP contribution in [0.4, 0.5) is 5.13 Å². The summed E-state index contributed by atoms with van der Waals surface area (Å²) in [7, 11) is 0. The van der Waals surface area contributed by atoms with Gasteiger partial charge in [0.15, 0.2) is 10.9 Å². The summed E-state index contributed by atoms with van der Waals surface area (Å²) in [5.41, 5.74) is 0.777. The summed E-state index contributed by atoms with van der Waals surface area (Å²) in [6, 6.07) is 3.73. The summed E-state index contributed by atoms with van der Waals surface area (Å²) in [6.45, 7) is 3.97. The number of ketones is 1. The van der Waals surface area contributed by atoms with Crippen LogP contribution < -0.4 is 5.32 Å². The zero-order valence-electron chi connectivity index (χ0n) is 9.11. The molecule has 2 aromatic heterocycles. The van der Waals surface area contributed by atoms with E-state index in [2.05, 4.69) is 10.3 Å². The van der Waals surface area contributed by atoms with Gasteiger partial charge >= 0.3 is 0 Å². The molecule has 2 heterocycles. The molecule has 0 saturated carbocycles. The summed E-state index contributed by atoms with van der Waals surface area (Å²) in [5.74, 6) is 0.901. The van der Waals surface area contributed by atoms with Gasteiger partial charge in [-0.05, 0) is 19.1 Å². The predicted molar refractivity (Wildman–Crippen MR) is 62.9 cm³/mol. The van der Waals surface area contributed by atoms with E-state index in [1.165, 1.54) is 11.3 Å². The van der Waals surface area contributed by atoms with Crippen LogP contribution in [0.2, 0.25) is 0 Å². The average molecular weight is 236 g/mol. The molecule has 2 aromatic rings. The minimum Gasteiger partial charge on any atom is -0.467 e. The zero-order valence-corrected chi connectivity index (χ0v) is 9.93. The van der Waals surface area contributed by atoms with Crippen molar-refractivity contribution in [2.45, 2.75) is 20.4 Å². The Bertz CT molecular complexity index is 488. The van der Waals surface area contributed by atoms with Crippen LogP contribution in [-0.4, -0.2) is 10.8 Å². The second kappa shape index (κ2) is 4.49. The number of hydrogen-bond donors (Lipinski definition) is 1. The molecule has 1 N–H and O–H groups in total. The summed E-state index contributed by atoms with van der Waals surface area (Å²) in [5, 5.41) is 3.87. The van der Waals surface area contributed by atoms with Gasteiger partial charge in [-0.15, -0.1) is 0 Å². The van der Waals surface area contributed by atoms with Crippen LogP contribution in [0.3, 0.4) is 0 Å². The number of aryl methyl sites for hydroxylation is 1. The topological polar surface area (TPSA) is 55.1 Å². The Hall–Kier alpha value is -1.62. The summed E-state index contributed by atoms with van der Waals surface area (Å²) in [4.78, 5) is 16.2. The van der Waals surface area contributed by atoms with Crippen molar-refractivity contribution in [3.8, 4) is 0 Å². The van der Waals surface area contributed by atoms with Crippen molar-refractivity contribution < 1.29 is 9.21 Å². The van der Waals surface area contributed by atoms with Gasteiger partial charge in [-0.1, -0.05) is 11.3 Å². The number of carbonyl (C=O) groups excluding carboxylic acids is 1. The average Bonchev–Trinajstić information content (AvgIpc) is 2.83. The van der Waals surface area contributed by atoms with Crippen molar-refractivity contribution in [1.29, 1.82) is 0 Å². The molecule has 0 amide bonds. The molecule has 84 valence electrons. The SMILES string of the molecule is CC(=O)c1sc(NCc2ccco2)nc1C. The number of rotatable bonds is 4. The van der Waals surface area contributed by atoms with Gasteiger partial charge in [0.05, 0.1) is 23.4 Å². The third-order valence-electron chi connectivity index (χ3n) is 2.11. The number of anilines is 1. The van der Waals surface area contributed by atoms with Crippen LogP contribution in [0.1, 0.15) is 28.0 Å². The normalized spacial score (nSPS) is 10.4. The Labute approximate surface area is 97.3 Å². The lowest BCUT2D eigenvalue weighted by molar-refractivity contribution is 0.102. The fraction of sp³-hybridized carbons (Fsp3) is 0.273. The van der Waals surface area contributed by atoms with Gasteiger partial charge in [0, 0.05) is 6.92 Å². The standard InChI is InChI=1S/C11H12N2O2S/c1-7-10(8(2)14)16-11(13-7)12-6-9-4-3-5-15-9/h3-5H,6H2,1-2H3,(H,12,13). The van der Waals surface area contributed by atoms with E-state index >= 15 is 0 Å². The van der Waals surface area contributed by atoms with Crippen LogP contribution in [0, 0.1) is 6.92 Å². The lowest BCUT2D eigenvalue weighted by Crippen LogP contribution is -1.97. The fourth-order valence-electron chi connectivity index (χ4n) is 1.37. The molecule has 0 radical (unpaired) electrons. The molecule has 0 aliphatic carbocycles. The van der Waals surface area contributed by atoms with Gasteiger partial charge in [0.2, 0.25) is 0 Å². The molecule has 0 aromatic carbocycles. The number of hydrogen-bond acceptors (Lipinski definition) is 5. The predicted octanol–water partition coefficient (Wildman–Crippen LogP) is 2.86. The zero-order chi connectivity index (χ0) is 11.5. The maximum absolute atomic E-state index is 11.2. The Morgan fingerprint density at radius 1 is 1.62 bits per heavy atom. The Morgan fingerprint density at radius 2 is 2.44 bits per heavy atom. The van der Waals surface area contributed by atoms with Crippen LogP contribution in [0.15, 0.2) is 22.8 Å². The van der Waals surface area contributed by atoms with Gasteiger partial charge in [0.1, 0.15) is 5.76 Å². The lowest BCUT2D eigenvalue weighted by Gasteiger charge is -1.97. The quantitative estimate of drug-likeness (QED) is 0.829. The number of thiazole rings is 1. The van der Waals surface area contributed by atoms with Crippen molar-refractivity contribution in [3.63, 3.8) is 0 Å². The number of nitrogens with zero attached hydrogens (tertiary/aromatic N) is 1. The Balaban J connectivity index is 2.05. The van der Waals surface area contributed by atoms with Gasteiger partial charge in [0.25, 0.3) is 0 Å². The van der Waals surface area contributed by atoms with Crippen molar-refractivity contribution in [1.82, 2.24) is 4.98 Å². The summed E-state index contributed by atoms with van der Waals surface area (Å²) < 4.78 is 5.19. The number of carbonyl (C=O) groups is 1. The van der Waals surface area contributed by atoms with Crippen LogP contribution in [0.25, 0.3) is 0 Å². The van der Waals surface area contributed by atoms with Crippen molar-refractivity contribution in [2.75, 3.05) is 5.32 Å². The van der Waals surface area contributed by atoms with Crippen molar-refractivity contribution in [3.05, 3.63) is 34.7 Å². The maximum Gasteiger partial charge on any atom is 0.183 e. The minimum absolute atomic E-state index is 0.0565. The van der Waals surface area contributed by atoms with Gasteiger partial charge in [-0.2, -0.15) is 0 Å². The fourth-order valence-corrected chi connectivity index (χ4v) is 2.23. The summed E-state index contributed by atoms with van der Waals surface area (Å²) in [6.07, 6.45) is 1.63. The molecular formula is C11H12N2O2S. The first kappa shape index (κ1) is 10.9. The third-order valence-corrected chi connectivity index (χ3v) is 3.33. The molecule has 16 heavy (non-hydrogen) atoms. The molecule has 0 spiro atoms. The van der Waals surface area contributed by atoms with Crippen LogP contribution in [0.5, 0.6) is 0 Å². The van der Waals surface area contributed by atoms with E-state index in [1.54, 1.807) is 13.2 Å². The highest BCUT2D eigenvalue weighted by Crippen LogP contribution is 2.23. The van der Waals surface area contributed by atoms with E-state index in [9.17, 15) is 4.79 Å². The smallest absolute Gasteiger partial charge is 0.183 e. The minimum atomic E-state index is 0.0565. The maximum atomic E-state index is 11.2. The van der Waals surface area contributed by atoms with Crippen LogP contribution >= 0.6 is 11.3 Å².